The van der Waals surface area contributed by atoms with Crippen LogP contribution in [0.15, 0.2) is 41.3 Å². The molecule has 1 amide bonds. The highest BCUT2D eigenvalue weighted by Crippen LogP contribution is 2.23. The van der Waals surface area contributed by atoms with Crippen LogP contribution >= 0.6 is 22.9 Å². The van der Waals surface area contributed by atoms with Crippen molar-refractivity contribution in [2.75, 3.05) is 13.2 Å². The number of carbonyl (C=O) groups is 2. The predicted molar refractivity (Wildman–Crippen MR) is 130 cm³/mol. The van der Waals surface area contributed by atoms with Gasteiger partial charge in [-0.3, -0.25) is 19.6 Å². The first-order valence-corrected chi connectivity index (χ1v) is 11.7. The molecule has 0 spiro atoms. The van der Waals surface area contributed by atoms with Crippen molar-refractivity contribution in [3.8, 4) is 11.8 Å². The Morgan fingerprint density at radius 1 is 1.26 bits per heavy atom. The summed E-state index contributed by atoms with van der Waals surface area (Å²) in [5.74, 6) is 4.76. The van der Waals surface area contributed by atoms with Crippen LogP contribution in [-0.4, -0.2) is 34.9 Å². The minimum Gasteiger partial charge on any atom is -0.452 e. The van der Waals surface area contributed by atoms with E-state index in [-0.39, 0.29) is 37.2 Å². The molecule has 0 bridgehead atoms. The Balaban J connectivity index is 1.73. The molecule has 8 nitrogen and oxygen atoms in total. The number of fused-ring (bicyclic) bond motifs is 1. The standard InChI is InChI=1S/C24H23ClN2O6S/c1-2-27-15-20(23(30)26-14-16-7-9-17(25)10-8-16)22(29)19-13-18(34-24(19)27)5-3-11-32-21(28)6-4-12-33-31/h7-10,13,15,31H,2,4,6,11-12,14H2,1H3,(H,26,30). The summed E-state index contributed by atoms with van der Waals surface area (Å²) in [6, 6.07) is 8.74. The zero-order valence-corrected chi connectivity index (χ0v) is 20.0. The van der Waals surface area contributed by atoms with Gasteiger partial charge in [0.05, 0.1) is 16.9 Å². The molecule has 3 aromatic rings. The topological polar surface area (TPSA) is 107 Å². The average Bonchev–Trinajstić information content (AvgIpc) is 3.26. The molecule has 34 heavy (non-hydrogen) atoms. The fraction of sp³-hybridized carbons (Fsp3) is 0.292. The molecule has 0 fully saturated rings. The lowest BCUT2D eigenvalue weighted by atomic mass is 10.2. The zero-order chi connectivity index (χ0) is 24.5. The molecule has 3 rings (SSSR count). The normalized spacial score (nSPS) is 10.6. The first-order valence-electron chi connectivity index (χ1n) is 10.5. The maximum Gasteiger partial charge on any atom is 0.306 e. The number of benzene rings is 1. The molecule has 178 valence electrons. The van der Waals surface area contributed by atoms with Crippen molar-refractivity contribution in [1.29, 1.82) is 0 Å². The summed E-state index contributed by atoms with van der Waals surface area (Å²) in [6.45, 7) is 2.72. The van der Waals surface area contributed by atoms with Crippen molar-refractivity contribution in [2.45, 2.75) is 32.9 Å². The van der Waals surface area contributed by atoms with Gasteiger partial charge in [0.1, 0.15) is 10.4 Å². The third-order valence-corrected chi connectivity index (χ3v) is 6.17. The van der Waals surface area contributed by atoms with E-state index < -0.39 is 11.9 Å². The Morgan fingerprint density at radius 2 is 2.03 bits per heavy atom. The molecule has 0 saturated carbocycles. The minimum absolute atomic E-state index is 0.0542. The van der Waals surface area contributed by atoms with Crippen LogP contribution in [0.25, 0.3) is 10.2 Å². The van der Waals surface area contributed by atoms with E-state index in [0.29, 0.717) is 33.1 Å². The van der Waals surface area contributed by atoms with Crippen molar-refractivity contribution in [3.63, 3.8) is 0 Å². The second kappa shape index (κ2) is 12.3. The van der Waals surface area contributed by atoms with Gasteiger partial charge in [0.15, 0.2) is 6.61 Å². The van der Waals surface area contributed by atoms with E-state index in [0.717, 1.165) is 5.56 Å². The van der Waals surface area contributed by atoms with E-state index in [4.69, 9.17) is 21.6 Å². The Bertz CT molecular complexity index is 1290. The highest BCUT2D eigenvalue weighted by molar-refractivity contribution is 7.19. The molecule has 0 aliphatic rings. The summed E-state index contributed by atoms with van der Waals surface area (Å²) in [7, 11) is 0. The van der Waals surface area contributed by atoms with Gasteiger partial charge in [-0.2, -0.15) is 0 Å². The first-order chi connectivity index (χ1) is 16.4. The Labute approximate surface area is 205 Å². The van der Waals surface area contributed by atoms with Gasteiger partial charge in [-0.25, -0.2) is 4.89 Å². The number of carbonyl (C=O) groups excluding carboxylic acids is 2. The number of pyridine rings is 1. The summed E-state index contributed by atoms with van der Waals surface area (Å²) in [6.07, 6.45) is 2.02. The maximum absolute atomic E-state index is 13.0. The number of aromatic nitrogens is 1. The number of amides is 1. The number of nitrogens with zero attached hydrogens (tertiary/aromatic N) is 1. The van der Waals surface area contributed by atoms with E-state index in [9.17, 15) is 14.4 Å². The molecule has 0 saturated heterocycles. The van der Waals surface area contributed by atoms with Gasteiger partial charge in [0.2, 0.25) is 5.43 Å². The average molecular weight is 503 g/mol. The van der Waals surface area contributed by atoms with Gasteiger partial charge in [0.25, 0.3) is 5.91 Å². The van der Waals surface area contributed by atoms with Crippen LogP contribution in [0, 0.1) is 11.8 Å². The van der Waals surface area contributed by atoms with Crippen molar-refractivity contribution in [1.82, 2.24) is 9.88 Å². The number of nitrogens with one attached hydrogen (secondary N) is 1. The number of halogens is 1. The summed E-state index contributed by atoms with van der Waals surface area (Å²) < 4.78 is 6.84. The van der Waals surface area contributed by atoms with Crippen molar-refractivity contribution in [3.05, 3.63) is 67.8 Å². The van der Waals surface area contributed by atoms with E-state index >= 15 is 0 Å². The smallest absolute Gasteiger partial charge is 0.306 e. The molecule has 0 atom stereocenters. The third-order valence-electron chi connectivity index (χ3n) is 4.83. The van der Waals surface area contributed by atoms with E-state index in [1.165, 1.54) is 11.3 Å². The van der Waals surface area contributed by atoms with E-state index in [1.807, 2.05) is 11.5 Å². The van der Waals surface area contributed by atoms with Gasteiger partial charge in [-0.05, 0) is 37.1 Å². The van der Waals surface area contributed by atoms with Crippen molar-refractivity contribution >= 4 is 45.0 Å². The molecule has 2 heterocycles. The molecule has 0 aliphatic carbocycles. The van der Waals surface area contributed by atoms with Gasteiger partial charge >= 0.3 is 5.97 Å². The lowest BCUT2D eigenvalue weighted by Crippen LogP contribution is -2.29. The molecule has 0 unspecified atom stereocenters. The summed E-state index contributed by atoms with van der Waals surface area (Å²) in [4.78, 5) is 42.6. The van der Waals surface area contributed by atoms with E-state index in [2.05, 4.69) is 22.0 Å². The molecule has 2 N–H and O–H groups in total. The van der Waals surface area contributed by atoms with Gasteiger partial charge in [0, 0.05) is 30.7 Å². The van der Waals surface area contributed by atoms with Crippen molar-refractivity contribution < 1.29 is 24.5 Å². The zero-order valence-electron chi connectivity index (χ0n) is 18.4. The molecule has 1 aromatic carbocycles. The highest BCUT2D eigenvalue weighted by Gasteiger charge is 2.17. The number of ether oxygens (including phenoxy) is 1. The highest BCUT2D eigenvalue weighted by atomic mass is 35.5. The third kappa shape index (κ3) is 6.68. The van der Waals surface area contributed by atoms with Crippen LogP contribution in [0.1, 0.15) is 40.6 Å². The van der Waals surface area contributed by atoms with Gasteiger partial charge < -0.3 is 14.6 Å². The van der Waals surface area contributed by atoms with Crippen LogP contribution < -0.4 is 10.7 Å². The van der Waals surface area contributed by atoms with Gasteiger partial charge in [-0.1, -0.05) is 35.6 Å². The van der Waals surface area contributed by atoms with Crippen LogP contribution in [0.4, 0.5) is 0 Å². The molecule has 0 aliphatic heterocycles. The number of hydrogen-bond acceptors (Lipinski definition) is 7. The number of rotatable bonds is 9. The Kier molecular flexibility index (Phi) is 9.24. The SMILES string of the molecule is CCn1cc(C(=O)NCc2ccc(Cl)cc2)c(=O)c2cc(C#CCOC(=O)CCCOO)sc21. The predicted octanol–water partition coefficient (Wildman–Crippen LogP) is 3.83. The Hall–Kier alpha value is -3.16. The molecular formula is C24H23ClN2O6S. The fourth-order valence-corrected chi connectivity index (χ4v) is 4.30. The fourth-order valence-electron chi connectivity index (χ4n) is 3.11. The number of hydrogen-bond donors (Lipinski definition) is 2. The summed E-state index contributed by atoms with van der Waals surface area (Å²) in [5.41, 5.74) is 0.557. The summed E-state index contributed by atoms with van der Waals surface area (Å²) in [5, 5.41) is 12.0. The number of esters is 1. The van der Waals surface area contributed by atoms with E-state index in [1.54, 1.807) is 36.5 Å². The van der Waals surface area contributed by atoms with Crippen LogP contribution in [0.3, 0.4) is 0 Å². The lowest BCUT2D eigenvalue weighted by Gasteiger charge is -2.09. The summed E-state index contributed by atoms with van der Waals surface area (Å²) >= 11 is 7.22. The van der Waals surface area contributed by atoms with Gasteiger partial charge in [-0.15, -0.1) is 11.3 Å². The lowest BCUT2D eigenvalue weighted by molar-refractivity contribution is -0.242. The molecule has 10 heteroatoms. The van der Waals surface area contributed by atoms with Crippen molar-refractivity contribution in [2.24, 2.45) is 0 Å². The van der Waals surface area contributed by atoms with Crippen LogP contribution in [0.5, 0.6) is 0 Å². The first kappa shape index (κ1) is 25.5. The number of thiophene rings is 1. The maximum atomic E-state index is 13.0. The minimum atomic E-state index is -0.457. The largest absolute Gasteiger partial charge is 0.452 e. The second-order valence-corrected chi connectivity index (χ2v) is 8.66. The molecule has 0 radical (unpaired) electrons. The molecular weight excluding hydrogens is 480 g/mol. The molecule has 2 aromatic heterocycles. The monoisotopic (exact) mass is 502 g/mol. The quantitative estimate of drug-likeness (QED) is 0.151. The Morgan fingerprint density at radius 3 is 2.74 bits per heavy atom. The second-order valence-electron chi connectivity index (χ2n) is 7.20. The van der Waals surface area contributed by atoms with Crippen LogP contribution in [-0.2, 0) is 27.5 Å². The number of aryl methyl sites for hydroxylation is 1. The van der Waals surface area contributed by atoms with Crippen LogP contribution in [0.2, 0.25) is 5.02 Å².